The number of pyridine rings is 1. The minimum absolute atomic E-state index is 0.110. The molecular weight excluding hydrogens is 600 g/mol. The smallest absolute Gasteiger partial charge is 0.439 e. The fourth-order valence-electron chi connectivity index (χ4n) is 4.75. The second-order valence-corrected chi connectivity index (χ2v) is 17.8. The Morgan fingerprint density at radius 3 is 2.61 bits per heavy atom. The highest BCUT2D eigenvalue weighted by atomic mass is 35.5. The van der Waals surface area contributed by atoms with Gasteiger partial charge in [-0.25, -0.2) is 9.78 Å². The van der Waals surface area contributed by atoms with Crippen LogP contribution in [0.5, 0.6) is 0 Å². The number of fused-ring (bicyclic) bond motifs is 1. The first-order valence-electron chi connectivity index (χ1n) is 14.4. The molecule has 0 radical (unpaired) electrons. The molecule has 0 aliphatic heterocycles. The Morgan fingerprint density at radius 2 is 1.93 bits per heavy atom. The fraction of sp³-hybridized carbons (Fsp3) is 0.387. The number of rotatable bonds is 9. The van der Waals surface area contributed by atoms with Crippen LogP contribution >= 0.6 is 11.6 Å². The van der Waals surface area contributed by atoms with Crippen LogP contribution in [0.15, 0.2) is 55.2 Å². The van der Waals surface area contributed by atoms with E-state index in [1.165, 1.54) is 0 Å². The van der Waals surface area contributed by atoms with Gasteiger partial charge in [0.15, 0.2) is 13.7 Å². The number of nitrogens with one attached hydrogen (secondary N) is 2. The zero-order valence-electron chi connectivity index (χ0n) is 26.2. The molecule has 13 heteroatoms. The van der Waals surface area contributed by atoms with Crippen LogP contribution in [0.4, 0.5) is 5.69 Å². The maximum absolute atomic E-state index is 13.7. The van der Waals surface area contributed by atoms with E-state index in [2.05, 4.69) is 63.9 Å². The van der Waals surface area contributed by atoms with Crippen molar-refractivity contribution in [1.29, 1.82) is 0 Å². The van der Waals surface area contributed by atoms with Crippen molar-refractivity contribution in [3.63, 3.8) is 0 Å². The van der Waals surface area contributed by atoms with Gasteiger partial charge < -0.3 is 14.2 Å². The quantitative estimate of drug-likeness (QED) is 0.131. The van der Waals surface area contributed by atoms with E-state index in [1.54, 1.807) is 25.3 Å². The Labute approximate surface area is 260 Å². The van der Waals surface area contributed by atoms with Gasteiger partial charge in [-0.3, -0.25) is 19.0 Å². The predicted octanol–water partition coefficient (Wildman–Crippen LogP) is 6.86. The molecule has 2 N–H and O–H groups in total. The van der Waals surface area contributed by atoms with E-state index in [4.69, 9.17) is 20.4 Å². The number of hydrogen-bond acceptors (Lipinski definition) is 9. The van der Waals surface area contributed by atoms with Gasteiger partial charge in [0.2, 0.25) is 5.82 Å². The molecule has 4 heterocycles. The van der Waals surface area contributed by atoms with E-state index in [-0.39, 0.29) is 27.5 Å². The van der Waals surface area contributed by atoms with E-state index in [9.17, 15) is 9.59 Å². The summed E-state index contributed by atoms with van der Waals surface area (Å²) in [5, 5.41) is 12.5. The molecule has 0 aliphatic carbocycles. The summed E-state index contributed by atoms with van der Waals surface area (Å²) in [5.41, 5.74) is 4.11. The molecule has 0 bridgehead atoms. The standard InChI is InChI=1S/C31H37ClN6O5Si/c1-17-13-21(19(3)34-23-9-10-24(32)35-25(23)29-36-30(40)43-37-29)28-22(14-17)26(39)18(2)27(42-28)20-15-33-38(16-20)11-12-41-44(7,8)31(4,5)6/h9-10,13-16,19,34H,11-12H2,1-8H3,(H,36,37,40)/t19-/m1/s1. The number of H-pyrrole nitrogens is 1. The lowest BCUT2D eigenvalue weighted by molar-refractivity contribution is 0.266. The van der Waals surface area contributed by atoms with Gasteiger partial charge in [-0.15, -0.1) is 0 Å². The Kier molecular flexibility index (Phi) is 8.45. The van der Waals surface area contributed by atoms with Crippen LogP contribution in [-0.4, -0.2) is 39.8 Å². The van der Waals surface area contributed by atoms with E-state index in [1.807, 2.05) is 36.9 Å². The number of anilines is 1. The molecule has 0 saturated heterocycles. The van der Waals surface area contributed by atoms with Crippen LogP contribution in [0.25, 0.3) is 33.8 Å². The minimum Gasteiger partial charge on any atom is -0.455 e. The third kappa shape index (κ3) is 6.28. The number of nitrogens with zero attached hydrogens (tertiary/aromatic N) is 4. The average Bonchev–Trinajstić information content (AvgIpc) is 3.60. The summed E-state index contributed by atoms with van der Waals surface area (Å²) in [6, 6.07) is 6.83. The minimum atomic E-state index is -1.88. The van der Waals surface area contributed by atoms with Crippen molar-refractivity contribution in [2.45, 2.75) is 72.3 Å². The highest BCUT2D eigenvalue weighted by Crippen LogP contribution is 2.37. The summed E-state index contributed by atoms with van der Waals surface area (Å²) in [4.78, 5) is 32.1. The molecule has 0 saturated carbocycles. The first kappa shape index (κ1) is 31.4. The number of benzene rings is 1. The lowest BCUT2D eigenvalue weighted by Gasteiger charge is -2.36. The van der Waals surface area contributed by atoms with E-state index >= 15 is 0 Å². The molecule has 5 aromatic rings. The van der Waals surface area contributed by atoms with Crippen molar-refractivity contribution in [2.24, 2.45) is 0 Å². The first-order valence-corrected chi connectivity index (χ1v) is 17.7. The number of halogens is 1. The van der Waals surface area contributed by atoms with Crippen molar-refractivity contribution in [3.05, 3.63) is 79.3 Å². The lowest BCUT2D eigenvalue weighted by atomic mass is 9.99. The molecule has 0 amide bonds. The van der Waals surface area contributed by atoms with Crippen LogP contribution < -0.4 is 16.5 Å². The number of aromatic nitrogens is 5. The molecule has 11 nitrogen and oxygen atoms in total. The Bertz CT molecular complexity index is 1950. The summed E-state index contributed by atoms with van der Waals surface area (Å²) in [7, 11) is -1.88. The third-order valence-corrected chi connectivity index (χ3v) is 13.0. The van der Waals surface area contributed by atoms with Gasteiger partial charge in [0.25, 0.3) is 0 Å². The molecule has 4 aromatic heterocycles. The second kappa shape index (κ2) is 11.8. The van der Waals surface area contributed by atoms with Gasteiger partial charge in [0.1, 0.15) is 22.2 Å². The van der Waals surface area contributed by atoms with E-state index < -0.39 is 14.1 Å². The van der Waals surface area contributed by atoms with Gasteiger partial charge in [0, 0.05) is 17.3 Å². The molecule has 0 fully saturated rings. The zero-order valence-corrected chi connectivity index (χ0v) is 27.9. The molecular formula is C31H37ClN6O5Si. The van der Waals surface area contributed by atoms with Crippen molar-refractivity contribution < 1.29 is 13.4 Å². The summed E-state index contributed by atoms with van der Waals surface area (Å²) in [6.07, 6.45) is 3.59. The third-order valence-electron chi connectivity index (χ3n) is 8.24. The Balaban J connectivity index is 1.49. The van der Waals surface area contributed by atoms with E-state index in [0.717, 1.165) is 11.1 Å². The van der Waals surface area contributed by atoms with Gasteiger partial charge in [-0.1, -0.05) is 43.6 Å². The van der Waals surface area contributed by atoms with Crippen LogP contribution in [0.3, 0.4) is 0 Å². The second-order valence-electron chi connectivity index (χ2n) is 12.6. The van der Waals surface area contributed by atoms with E-state index in [0.29, 0.717) is 52.4 Å². The summed E-state index contributed by atoms with van der Waals surface area (Å²) >= 11 is 6.15. The number of hydrogen-bond donors (Lipinski definition) is 2. The SMILES string of the molecule is Cc1cc([C@@H](C)Nc2ccc(Cl)nc2-c2noc(=O)[nH]2)c2oc(-c3cnn(CCO[Si](C)(C)C(C)(C)C)c3)c(C)c(=O)c2c1. The summed E-state index contributed by atoms with van der Waals surface area (Å²) in [6.45, 7) is 17.9. The van der Waals surface area contributed by atoms with Crippen molar-refractivity contribution in [2.75, 3.05) is 11.9 Å². The summed E-state index contributed by atoms with van der Waals surface area (Å²) in [5.74, 6) is -0.107. The molecule has 0 unspecified atom stereocenters. The van der Waals surface area contributed by atoms with Crippen molar-refractivity contribution in [3.8, 4) is 22.8 Å². The number of aromatic amines is 1. The lowest BCUT2D eigenvalue weighted by Crippen LogP contribution is -2.41. The van der Waals surface area contributed by atoms with Gasteiger partial charge >= 0.3 is 5.76 Å². The predicted molar refractivity (Wildman–Crippen MR) is 174 cm³/mol. The van der Waals surface area contributed by atoms with Crippen LogP contribution in [0.2, 0.25) is 23.3 Å². The van der Waals surface area contributed by atoms with Gasteiger partial charge in [-0.2, -0.15) is 5.10 Å². The zero-order chi connectivity index (χ0) is 32.0. The Morgan fingerprint density at radius 1 is 1.18 bits per heavy atom. The van der Waals surface area contributed by atoms with Crippen LogP contribution in [0, 0.1) is 13.8 Å². The molecule has 44 heavy (non-hydrogen) atoms. The van der Waals surface area contributed by atoms with Crippen LogP contribution in [0.1, 0.15) is 50.4 Å². The maximum atomic E-state index is 13.7. The molecule has 1 aromatic carbocycles. The van der Waals surface area contributed by atoms with Crippen molar-refractivity contribution >= 4 is 36.6 Å². The first-order chi connectivity index (χ1) is 20.6. The highest BCUT2D eigenvalue weighted by Gasteiger charge is 2.37. The molecule has 0 spiro atoms. The monoisotopic (exact) mass is 636 g/mol. The molecule has 232 valence electrons. The maximum Gasteiger partial charge on any atom is 0.439 e. The number of aryl methyl sites for hydroxylation is 1. The Hall–Kier alpha value is -4.00. The van der Waals surface area contributed by atoms with Crippen molar-refractivity contribution in [1.82, 2.24) is 24.9 Å². The largest absolute Gasteiger partial charge is 0.455 e. The molecule has 0 aliphatic rings. The van der Waals surface area contributed by atoms with Gasteiger partial charge in [-0.05, 0) is 62.7 Å². The molecule has 1 atom stereocenters. The topological polar surface area (TPSA) is 141 Å². The highest BCUT2D eigenvalue weighted by molar-refractivity contribution is 6.74. The average molecular weight is 637 g/mol. The normalized spacial score (nSPS) is 13.0. The van der Waals surface area contributed by atoms with Gasteiger partial charge in [0.05, 0.1) is 42.0 Å². The fourth-order valence-corrected chi connectivity index (χ4v) is 5.94. The summed E-state index contributed by atoms with van der Waals surface area (Å²) < 4.78 is 19.3. The van der Waals surface area contributed by atoms with Crippen LogP contribution in [-0.2, 0) is 11.0 Å². The molecule has 5 rings (SSSR count).